The molecule has 0 saturated carbocycles. The van der Waals surface area contributed by atoms with Crippen molar-refractivity contribution in [2.24, 2.45) is 0 Å². The van der Waals surface area contributed by atoms with Crippen LogP contribution in [0.2, 0.25) is 0 Å². The number of aromatic carboxylic acids is 1. The highest BCUT2D eigenvalue weighted by molar-refractivity contribution is 7.92. The Hall–Kier alpha value is -1.63. The third kappa shape index (κ3) is 3.69. The Kier molecular flexibility index (Phi) is 4.75. The number of halogens is 1. The topological polar surface area (TPSA) is 80.7 Å². The van der Waals surface area contributed by atoms with Crippen LogP contribution in [-0.4, -0.2) is 36.6 Å². The Balaban J connectivity index is 2.85. The van der Waals surface area contributed by atoms with Gasteiger partial charge in [-0.25, -0.2) is 17.6 Å². The van der Waals surface area contributed by atoms with Gasteiger partial charge in [0.1, 0.15) is 12.2 Å². The van der Waals surface area contributed by atoms with Crippen LogP contribution >= 0.6 is 0 Å². The second-order valence-electron chi connectivity index (χ2n) is 5.20. The molecule has 20 heavy (non-hydrogen) atoms. The zero-order valence-corrected chi connectivity index (χ0v) is 12.3. The molecule has 1 N–H and O–H groups in total. The van der Waals surface area contributed by atoms with E-state index in [1.807, 2.05) is 0 Å². The lowest BCUT2D eigenvalue weighted by atomic mass is 10.2. The molecule has 0 aliphatic rings. The van der Waals surface area contributed by atoms with Gasteiger partial charge in [0, 0.05) is 0 Å². The molecule has 0 aliphatic heterocycles. The van der Waals surface area contributed by atoms with E-state index in [-0.39, 0.29) is 17.9 Å². The number of hydrogen-bond donors (Lipinski definition) is 1. The molecule has 0 aliphatic carbocycles. The standard InChI is InChI=1S/C13H17FO5S/c1-13(2,3)20(17,18)8-7-19-11-9(12(15)16)5-4-6-10(11)14/h4-6H,7-8H2,1-3H3,(H,15,16). The molecule has 0 amide bonds. The highest BCUT2D eigenvalue weighted by atomic mass is 32.2. The van der Waals surface area contributed by atoms with Crippen molar-refractivity contribution in [2.45, 2.75) is 25.5 Å². The van der Waals surface area contributed by atoms with Crippen LogP contribution in [-0.2, 0) is 9.84 Å². The SMILES string of the molecule is CC(C)(C)S(=O)(=O)CCOc1c(F)cccc1C(=O)O. The van der Waals surface area contributed by atoms with Gasteiger partial charge in [-0.3, -0.25) is 0 Å². The predicted octanol–water partition coefficient (Wildman–Crippen LogP) is 2.12. The van der Waals surface area contributed by atoms with Crippen molar-refractivity contribution in [2.75, 3.05) is 12.4 Å². The zero-order chi connectivity index (χ0) is 15.6. The van der Waals surface area contributed by atoms with E-state index in [9.17, 15) is 17.6 Å². The van der Waals surface area contributed by atoms with Crippen LogP contribution in [0.1, 0.15) is 31.1 Å². The van der Waals surface area contributed by atoms with Gasteiger partial charge in [0.2, 0.25) is 0 Å². The van der Waals surface area contributed by atoms with Gasteiger partial charge in [0.15, 0.2) is 21.4 Å². The van der Waals surface area contributed by atoms with E-state index in [1.54, 1.807) is 20.8 Å². The lowest BCUT2D eigenvalue weighted by molar-refractivity contribution is 0.0691. The predicted molar refractivity (Wildman–Crippen MR) is 72.4 cm³/mol. The number of hydrogen-bond acceptors (Lipinski definition) is 4. The Morgan fingerprint density at radius 3 is 2.45 bits per heavy atom. The first-order valence-electron chi connectivity index (χ1n) is 5.93. The van der Waals surface area contributed by atoms with Crippen LogP contribution in [0.15, 0.2) is 18.2 Å². The van der Waals surface area contributed by atoms with Gasteiger partial charge < -0.3 is 9.84 Å². The summed E-state index contributed by atoms with van der Waals surface area (Å²) in [7, 11) is -3.41. The largest absolute Gasteiger partial charge is 0.489 e. The fraction of sp³-hybridized carbons (Fsp3) is 0.462. The normalized spacial score (nSPS) is 12.2. The summed E-state index contributed by atoms with van der Waals surface area (Å²) in [5.41, 5.74) is -0.335. The highest BCUT2D eigenvalue weighted by Crippen LogP contribution is 2.23. The fourth-order valence-electron chi connectivity index (χ4n) is 1.38. The summed E-state index contributed by atoms with van der Waals surface area (Å²) in [6.07, 6.45) is 0. The molecule has 0 aromatic heterocycles. The van der Waals surface area contributed by atoms with Crippen LogP contribution in [0.3, 0.4) is 0 Å². The second-order valence-corrected chi connectivity index (χ2v) is 8.06. The highest BCUT2D eigenvalue weighted by Gasteiger charge is 2.29. The number of ether oxygens (including phenoxy) is 1. The average Bonchev–Trinajstić information content (AvgIpc) is 2.29. The fourth-order valence-corrected chi connectivity index (χ4v) is 2.30. The van der Waals surface area contributed by atoms with Crippen LogP contribution in [0, 0.1) is 5.82 Å². The van der Waals surface area contributed by atoms with Crippen LogP contribution < -0.4 is 4.74 Å². The maximum atomic E-state index is 13.5. The molecule has 0 unspecified atom stereocenters. The molecular formula is C13H17FO5S. The Morgan fingerprint density at radius 2 is 1.95 bits per heavy atom. The Morgan fingerprint density at radius 1 is 1.35 bits per heavy atom. The van der Waals surface area contributed by atoms with Crippen molar-refractivity contribution < 1.29 is 27.4 Å². The number of carboxylic acids is 1. The molecule has 0 radical (unpaired) electrons. The number of carbonyl (C=O) groups is 1. The van der Waals surface area contributed by atoms with Crippen molar-refractivity contribution >= 4 is 15.8 Å². The van der Waals surface area contributed by atoms with E-state index in [0.717, 1.165) is 6.07 Å². The average molecular weight is 304 g/mol. The third-order valence-corrected chi connectivity index (χ3v) is 5.30. The van der Waals surface area contributed by atoms with Crippen molar-refractivity contribution in [3.05, 3.63) is 29.6 Å². The van der Waals surface area contributed by atoms with Gasteiger partial charge >= 0.3 is 5.97 Å². The van der Waals surface area contributed by atoms with Crippen molar-refractivity contribution in [1.29, 1.82) is 0 Å². The zero-order valence-electron chi connectivity index (χ0n) is 11.5. The summed E-state index contributed by atoms with van der Waals surface area (Å²) in [6.45, 7) is 4.34. The molecular weight excluding hydrogens is 287 g/mol. The van der Waals surface area contributed by atoms with E-state index in [0.29, 0.717) is 0 Å². The third-order valence-electron chi connectivity index (χ3n) is 2.73. The maximum Gasteiger partial charge on any atom is 0.339 e. The van der Waals surface area contributed by atoms with Crippen LogP contribution in [0.5, 0.6) is 5.75 Å². The van der Waals surface area contributed by atoms with E-state index in [2.05, 4.69) is 0 Å². The molecule has 1 rings (SSSR count). The molecule has 1 aromatic carbocycles. The minimum atomic E-state index is -3.41. The van der Waals surface area contributed by atoms with E-state index < -0.39 is 32.1 Å². The Bertz CT molecular complexity index is 602. The first-order chi connectivity index (χ1) is 9.06. The van der Waals surface area contributed by atoms with Crippen molar-refractivity contribution in [1.82, 2.24) is 0 Å². The van der Waals surface area contributed by atoms with Gasteiger partial charge in [0.05, 0.1) is 10.5 Å². The molecule has 112 valence electrons. The Labute approximate surface area is 117 Å². The number of rotatable bonds is 5. The van der Waals surface area contributed by atoms with E-state index in [1.165, 1.54) is 12.1 Å². The van der Waals surface area contributed by atoms with Gasteiger partial charge in [-0.05, 0) is 32.9 Å². The van der Waals surface area contributed by atoms with Gasteiger partial charge in [-0.1, -0.05) is 6.07 Å². The smallest absolute Gasteiger partial charge is 0.339 e. The summed E-state index contributed by atoms with van der Waals surface area (Å²) in [4.78, 5) is 10.9. The number of carboxylic acid groups (broad SMARTS) is 1. The van der Waals surface area contributed by atoms with Gasteiger partial charge in [-0.2, -0.15) is 0 Å². The van der Waals surface area contributed by atoms with Crippen LogP contribution in [0.25, 0.3) is 0 Å². The van der Waals surface area contributed by atoms with E-state index in [4.69, 9.17) is 9.84 Å². The lowest BCUT2D eigenvalue weighted by Crippen LogP contribution is -2.32. The molecule has 0 spiro atoms. The summed E-state index contributed by atoms with van der Waals surface area (Å²) in [5, 5.41) is 8.91. The molecule has 7 heteroatoms. The molecule has 0 saturated heterocycles. The second kappa shape index (κ2) is 5.78. The van der Waals surface area contributed by atoms with Crippen molar-refractivity contribution in [3.8, 4) is 5.75 Å². The summed E-state index contributed by atoms with van der Waals surface area (Å²) in [5.74, 6) is -2.93. The number of sulfone groups is 1. The van der Waals surface area contributed by atoms with Crippen molar-refractivity contribution in [3.63, 3.8) is 0 Å². The first-order valence-corrected chi connectivity index (χ1v) is 7.58. The molecule has 5 nitrogen and oxygen atoms in total. The molecule has 0 atom stereocenters. The van der Waals surface area contributed by atoms with E-state index >= 15 is 0 Å². The first kappa shape index (κ1) is 16.4. The van der Waals surface area contributed by atoms with Gasteiger partial charge in [-0.15, -0.1) is 0 Å². The van der Waals surface area contributed by atoms with Crippen LogP contribution in [0.4, 0.5) is 4.39 Å². The minimum absolute atomic E-state index is 0.305. The summed E-state index contributed by atoms with van der Waals surface area (Å²) < 4.78 is 41.3. The molecule has 0 heterocycles. The quantitative estimate of drug-likeness (QED) is 0.901. The number of benzene rings is 1. The summed E-state index contributed by atoms with van der Waals surface area (Å²) >= 11 is 0. The minimum Gasteiger partial charge on any atom is -0.489 e. The molecule has 0 fully saturated rings. The lowest BCUT2D eigenvalue weighted by Gasteiger charge is -2.19. The molecule has 0 bridgehead atoms. The monoisotopic (exact) mass is 304 g/mol. The van der Waals surface area contributed by atoms with Gasteiger partial charge in [0.25, 0.3) is 0 Å². The maximum absolute atomic E-state index is 13.5. The molecule has 1 aromatic rings. The number of para-hydroxylation sites is 1. The summed E-state index contributed by atoms with van der Waals surface area (Å²) in [6, 6.07) is 3.50.